The van der Waals surface area contributed by atoms with E-state index in [0.29, 0.717) is 19.4 Å². The van der Waals surface area contributed by atoms with Gasteiger partial charge in [0.15, 0.2) is 0 Å². The lowest BCUT2D eigenvalue weighted by Gasteiger charge is -2.13. The van der Waals surface area contributed by atoms with E-state index in [1.165, 1.54) is 0 Å². The van der Waals surface area contributed by atoms with Crippen LogP contribution in [-0.4, -0.2) is 35.0 Å². The zero-order chi connectivity index (χ0) is 10.9. The van der Waals surface area contributed by atoms with E-state index in [0.717, 1.165) is 17.9 Å². The number of hydrogen-bond acceptors (Lipinski definition) is 3. The second kappa shape index (κ2) is 4.04. The smallest absolute Gasteiger partial charge is 0.311 e. The molecule has 5 heteroatoms. The molecule has 0 bridgehead atoms. The van der Waals surface area contributed by atoms with Gasteiger partial charge in [-0.2, -0.15) is 11.8 Å². The Morgan fingerprint density at radius 1 is 1.47 bits per heavy atom. The first-order valence-corrected chi connectivity index (χ1v) is 6.38. The summed E-state index contributed by atoms with van der Waals surface area (Å²) in [5, 5.41) is 11.7. The third-order valence-electron chi connectivity index (χ3n) is 3.21. The second-order valence-electron chi connectivity index (χ2n) is 4.36. The third-order valence-corrected chi connectivity index (χ3v) is 4.37. The number of rotatable bonds is 4. The lowest BCUT2D eigenvalue weighted by molar-refractivity contribution is -0.143. The van der Waals surface area contributed by atoms with E-state index in [2.05, 4.69) is 5.32 Å². The molecule has 1 saturated carbocycles. The molecule has 1 aliphatic heterocycles. The van der Waals surface area contributed by atoms with Gasteiger partial charge in [-0.05, 0) is 25.0 Å². The number of hydrogen-bond donors (Lipinski definition) is 2. The minimum atomic E-state index is -0.774. The quantitative estimate of drug-likeness (QED) is 0.745. The van der Waals surface area contributed by atoms with Gasteiger partial charge >= 0.3 is 5.97 Å². The topological polar surface area (TPSA) is 66.4 Å². The van der Waals surface area contributed by atoms with Crippen LogP contribution in [0, 0.1) is 11.3 Å². The number of amides is 1. The Kier molecular flexibility index (Phi) is 2.91. The maximum absolute atomic E-state index is 11.6. The van der Waals surface area contributed by atoms with Gasteiger partial charge in [-0.3, -0.25) is 9.59 Å². The fraction of sp³-hybridized carbons (Fsp3) is 0.800. The Morgan fingerprint density at radius 3 is 2.67 bits per heavy atom. The number of carbonyl (C=O) groups is 2. The molecule has 1 saturated heterocycles. The van der Waals surface area contributed by atoms with Crippen molar-refractivity contribution in [1.82, 2.24) is 5.32 Å². The third kappa shape index (κ3) is 2.27. The Morgan fingerprint density at radius 2 is 2.20 bits per heavy atom. The SMILES string of the molecule is O=C(NCC1(C(=O)O)CC1)C1CCSC1. The number of nitrogens with one attached hydrogen (secondary N) is 1. The van der Waals surface area contributed by atoms with Crippen LogP contribution >= 0.6 is 11.8 Å². The lowest BCUT2D eigenvalue weighted by Crippen LogP contribution is -2.37. The van der Waals surface area contributed by atoms with Crippen LogP contribution in [-0.2, 0) is 9.59 Å². The molecule has 0 aromatic rings. The average Bonchev–Trinajstić information content (AvgIpc) is 2.80. The first-order valence-electron chi connectivity index (χ1n) is 5.23. The number of carboxylic acid groups (broad SMARTS) is 1. The predicted molar refractivity (Wildman–Crippen MR) is 57.7 cm³/mol. The summed E-state index contributed by atoms with van der Waals surface area (Å²) < 4.78 is 0. The van der Waals surface area contributed by atoms with Gasteiger partial charge in [0.05, 0.1) is 5.41 Å². The molecule has 1 unspecified atom stereocenters. The zero-order valence-electron chi connectivity index (χ0n) is 8.49. The Balaban J connectivity index is 1.78. The maximum Gasteiger partial charge on any atom is 0.311 e. The van der Waals surface area contributed by atoms with Crippen molar-refractivity contribution >= 4 is 23.6 Å². The molecule has 84 valence electrons. The molecule has 4 nitrogen and oxygen atoms in total. The van der Waals surface area contributed by atoms with Gasteiger partial charge < -0.3 is 10.4 Å². The van der Waals surface area contributed by atoms with Gasteiger partial charge in [-0.15, -0.1) is 0 Å². The minimum Gasteiger partial charge on any atom is -0.481 e. The van der Waals surface area contributed by atoms with E-state index in [1.807, 2.05) is 0 Å². The molecule has 0 spiro atoms. The van der Waals surface area contributed by atoms with Crippen molar-refractivity contribution in [3.05, 3.63) is 0 Å². The van der Waals surface area contributed by atoms with Crippen molar-refractivity contribution in [2.75, 3.05) is 18.1 Å². The normalized spacial score (nSPS) is 27.3. The molecule has 2 rings (SSSR count). The van der Waals surface area contributed by atoms with Gasteiger partial charge in [0.2, 0.25) is 5.91 Å². The maximum atomic E-state index is 11.6. The molecule has 15 heavy (non-hydrogen) atoms. The summed E-state index contributed by atoms with van der Waals surface area (Å²) in [5.74, 6) is 1.28. The minimum absolute atomic E-state index is 0.0347. The van der Waals surface area contributed by atoms with Gasteiger partial charge in [0.1, 0.15) is 0 Å². The highest BCUT2D eigenvalue weighted by Crippen LogP contribution is 2.45. The van der Waals surface area contributed by atoms with Crippen LogP contribution in [0.4, 0.5) is 0 Å². The van der Waals surface area contributed by atoms with Crippen LogP contribution in [0.2, 0.25) is 0 Å². The van der Waals surface area contributed by atoms with Gasteiger partial charge in [0.25, 0.3) is 0 Å². The van der Waals surface area contributed by atoms with Crippen molar-refractivity contribution in [2.45, 2.75) is 19.3 Å². The molecule has 1 aliphatic carbocycles. The highest BCUT2D eigenvalue weighted by molar-refractivity contribution is 7.99. The molecular formula is C10H15NO3S. The number of thioether (sulfide) groups is 1. The fourth-order valence-corrected chi connectivity index (χ4v) is 2.98. The number of aliphatic carboxylic acids is 1. The highest BCUT2D eigenvalue weighted by Gasteiger charge is 2.50. The molecule has 0 radical (unpaired) electrons. The van der Waals surface area contributed by atoms with Crippen molar-refractivity contribution in [3.63, 3.8) is 0 Å². The molecular weight excluding hydrogens is 214 g/mol. The number of carbonyl (C=O) groups excluding carboxylic acids is 1. The van der Waals surface area contributed by atoms with Gasteiger partial charge in [-0.25, -0.2) is 0 Å². The molecule has 2 N–H and O–H groups in total. The lowest BCUT2D eigenvalue weighted by atomic mass is 10.1. The van der Waals surface area contributed by atoms with E-state index < -0.39 is 11.4 Å². The molecule has 1 heterocycles. The summed E-state index contributed by atoms with van der Waals surface area (Å²) >= 11 is 1.79. The Labute approximate surface area is 92.8 Å². The van der Waals surface area contributed by atoms with E-state index in [-0.39, 0.29) is 11.8 Å². The summed E-state index contributed by atoms with van der Waals surface area (Å²) in [6.07, 6.45) is 2.32. The van der Waals surface area contributed by atoms with Crippen LogP contribution in [0.15, 0.2) is 0 Å². The summed E-state index contributed by atoms with van der Waals surface area (Å²) in [4.78, 5) is 22.5. The van der Waals surface area contributed by atoms with Crippen molar-refractivity contribution in [1.29, 1.82) is 0 Å². The van der Waals surface area contributed by atoms with E-state index >= 15 is 0 Å². The first-order chi connectivity index (χ1) is 7.14. The Bertz CT molecular complexity index is 282. The standard InChI is InChI=1S/C10H15NO3S/c12-8(7-1-4-15-5-7)11-6-10(2-3-10)9(13)14/h7H,1-6H2,(H,11,12)(H,13,14). The average molecular weight is 229 g/mol. The summed E-state index contributed by atoms with van der Waals surface area (Å²) in [7, 11) is 0. The summed E-state index contributed by atoms with van der Waals surface area (Å²) in [6.45, 7) is 0.308. The highest BCUT2D eigenvalue weighted by atomic mass is 32.2. The van der Waals surface area contributed by atoms with E-state index in [1.54, 1.807) is 11.8 Å². The van der Waals surface area contributed by atoms with Crippen LogP contribution in [0.3, 0.4) is 0 Å². The molecule has 1 atom stereocenters. The predicted octanol–water partition coefficient (Wildman–Crippen LogP) is 0.720. The summed E-state index contributed by atoms with van der Waals surface area (Å²) in [6, 6.07) is 0. The first kappa shape index (κ1) is 10.8. The van der Waals surface area contributed by atoms with Crippen molar-refractivity contribution in [2.24, 2.45) is 11.3 Å². The second-order valence-corrected chi connectivity index (χ2v) is 5.51. The van der Waals surface area contributed by atoms with Gasteiger partial charge in [0, 0.05) is 18.2 Å². The van der Waals surface area contributed by atoms with Gasteiger partial charge in [-0.1, -0.05) is 0 Å². The monoisotopic (exact) mass is 229 g/mol. The molecule has 1 amide bonds. The zero-order valence-corrected chi connectivity index (χ0v) is 9.31. The number of carboxylic acids is 1. The van der Waals surface area contributed by atoms with Crippen LogP contribution in [0.5, 0.6) is 0 Å². The van der Waals surface area contributed by atoms with Crippen molar-refractivity contribution < 1.29 is 14.7 Å². The fourth-order valence-electron chi connectivity index (χ4n) is 1.76. The molecule has 0 aromatic heterocycles. The molecule has 2 fully saturated rings. The Hall–Kier alpha value is -0.710. The van der Waals surface area contributed by atoms with Crippen LogP contribution in [0.1, 0.15) is 19.3 Å². The largest absolute Gasteiger partial charge is 0.481 e. The van der Waals surface area contributed by atoms with Crippen molar-refractivity contribution in [3.8, 4) is 0 Å². The molecule has 0 aromatic carbocycles. The molecule has 2 aliphatic rings. The summed E-state index contributed by atoms with van der Waals surface area (Å²) in [5.41, 5.74) is -0.637. The van der Waals surface area contributed by atoms with E-state index in [4.69, 9.17) is 5.11 Å². The van der Waals surface area contributed by atoms with E-state index in [9.17, 15) is 9.59 Å². The van der Waals surface area contributed by atoms with Crippen LogP contribution < -0.4 is 5.32 Å². The van der Waals surface area contributed by atoms with Crippen LogP contribution in [0.25, 0.3) is 0 Å².